The monoisotopic (exact) mass is 325 g/mol. The third-order valence-corrected chi connectivity index (χ3v) is 5.34. The van der Waals surface area contributed by atoms with Gasteiger partial charge >= 0.3 is 0 Å². The molecule has 2 aromatic heterocycles. The highest BCUT2D eigenvalue weighted by atomic mass is 16.2. The quantitative estimate of drug-likeness (QED) is 0.856. The summed E-state index contributed by atoms with van der Waals surface area (Å²) in [6, 6.07) is 4.73. The fourth-order valence-corrected chi connectivity index (χ4v) is 4.06. The van der Waals surface area contributed by atoms with Gasteiger partial charge in [0, 0.05) is 63.4 Å². The van der Waals surface area contributed by atoms with Crippen molar-refractivity contribution in [2.45, 2.75) is 44.4 Å². The summed E-state index contributed by atoms with van der Waals surface area (Å²) in [6.45, 7) is 2.56. The number of rotatable bonds is 4. The number of carbonyl (C=O) groups excluding carboxylic acids is 1. The first-order valence-corrected chi connectivity index (χ1v) is 8.61. The van der Waals surface area contributed by atoms with E-state index >= 15 is 0 Å². The number of imidazole rings is 1. The SMILES string of the molecule is Cn1ccnc1CN1CC[C@H]2[C@@H]1CCC(=O)N2Cc1cccnc1. The van der Waals surface area contributed by atoms with Gasteiger partial charge in [-0.2, -0.15) is 0 Å². The molecule has 0 radical (unpaired) electrons. The summed E-state index contributed by atoms with van der Waals surface area (Å²) in [5.41, 5.74) is 1.11. The largest absolute Gasteiger partial charge is 0.337 e. The molecule has 1 amide bonds. The molecule has 2 aliphatic rings. The Morgan fingerprint density at radius 1 is 1.21 bits per heavy atom. The van der Waals surface area contributed by atoms with E-state index in [9.17, 15) is 4.79 Å². The Hall–Kier alpha value is -2.21. The summed E-state index contributed by atoms with van der Waals surface area (Å²) in [5, 5.41) is 0. The van der Waals surface area contributed by atoms with Crippen molar-refractivity contribution in [1.29, 1.82) is 0 Å². The van der Waals surface area contributed by atoms with Gasteiger partial charge in [-0.05, 0) is 24.5 Å². The summed E-state index contributed by atoms with van der Waals surface area (Å²) in [6.07, 6.45) is 10.1. The Morgan fingerprint density at radius 2 is 2.12 bits per heavy atom. The Balaban J connectivity index is 1.50. The molecule has 4 rings (SSSR count). The van der Waals surface area contributed by atoms with E-state index in [1.165, 1.54) is 0 Å². The molecule has 6 nitrogen and oxygen atoms in total. The van der Waals surface area contributed by atoms with Crippen LogP contribution < -0.4 is 0 Å². The second-order valence-electron chi connectivity index (χ2n) is 6.77. The summed E-state index contributed by atoms with van der Waals surface area (Å²) in [5.74, 6) is 1.37. The topological polar surface area (TPSA) is 54.3 Å². The molecule has 0 unspecified atom stereocenters. The predicted molar refractivity (Wildman–Crippen MR) is 89.8 cm³/mol. The third kappa shape index (κ3) is 2.82. The van der Waals surface area contributed by atoms with E-state index in [2.05, 4.69) is 24.3 Å². The number of pyridine rings is 1. The van der Waals surface area contributed by atoms with Crippen molar-refractivity contribution in [3.8, 4) is 0 Å². The number of aromatic nitrogens is 3. The molecule has 2 aliphatic heterocycles. The van der Waals surface area contributed by atoms with E-state index in [1.54, 1.807) is 6.20 Å². The second kappa shape index (κ2) is 6.36. The van der Waals surface area contributed by atoms with Crippen LogP contribution in [0.5, 0.6) is 0 Å². The van der Waals surface area contributed by atoms with Gasteiger partial charge in [0.15, 0.2) is 0 Å². The lowest BCUT2D eigenvalue weighted by atomic mass is 9.95. The van der Waals surface area contributed by atoms with Gasteiger partial charge in [0.2, 0.25) is 5.91 Å². The molecule has 4 heterocycles. The Bertz CT molecular complexity index is 713. The average molecular weight is 325 g/mol. The fourth-order valence-electron chi connectivity index (χ4n) is 4.06. The van der Waals surface area contributed by atoms with E-state index in [0.717, 1.165) is 37.3 Å². The zero-order valence-electron chi connectivity index (χ0n) is 14.0. The molecule has 2 aromatic rings. The molecule has 0 spiro atoms. The molecule has 0 bridgehead atoms. The average Bonchev–Trinajstić information content (AvgIpc) is 3.19. The van der Waals surface area contributed by atoms with Crippen LogP contribution in [0.4, 0.5) is 0 Å². The van der Waals surface area contributed by atoms with Crippen LogP contribution in [0.3, 0.4) is 0 Å². The van der Waals surface area contributed by atoms with Crippen LogP contribution in [0.25, 0.3) is 0 Å². The van der Waals surface area contributed by atoms with Crippen LogP contribution >= 0.6 is 0 Å². The maximum absolute atomic E-state index is 12.5. The molecule has 126 valence electrons. The molecule has 0 aromatic carbocycles. The molecular formula is C18H23N5O. The van der Waals surface area contributed by atoms with Crippen molar-refractivity contribution >= 4 is 5.91 Å². The molecule has 24 heavy (non-hydrogen) atoms. The molecule has 2 atom stereocenters. The number of amides is 1. The lowest BCUT2D eigenvalue weighted by molar-refractivity contribution is -0.138. The van der Waals surface area contributed by atoms with Crippen molar-refractivity contribution in [2.24, 2.45) is 7.05 Å². The van der Waals surface area contributed by atoms with Crippen LogP contribution in [-0.2, 0) is 24.9 Å². The smallest absolute Gasteiger partial charge is 0.223 e. The van der Waals surface area contributed by atoms with Crippen molar-refractivity contribution < 1.29 is 4.79 Å². The molecule has 2 saturated heterocycles. The highest BCUT2D eigenvalue weighted by Crippen LogP contribution is 2.33. The van der Waals surface area contributed by atoms with E-state index in [1.807, 2.05) is 37.8 Å². The minimum Gasteiger partial charge on any atom is -0.337 e. The van der Waals surface area contributed by atoms with Gasteiger partial charge in [-0.15, -0.1) is 0 Å². The zero-order valence-corrected chi connectivity index (χ0v) is 14.0. The van der Waals surface area contributed by atoms with E-state index < -0.39 is 0 Å². The highest BCUT2D eigenvalue weighted by molar-refractivity contribution is 5.77. The van der Waals surface area contributed by atoms with Crippen molar-refractivity contribution in [1.82, 2.24) is 24.3 Å². The number of nitrogens with zero attached hydrogens (tertiary/aromatic N) is 5. The van der Waals surface area contributed by atoms with Crippen LogP contribution in [0, 0.1) is 0 Å². The Morgan fingerprint density at radius 3 is 2.88 bits per heavy atom. The highest BCUT2D eigenvalue weighted by Gasteiger charge is 2.43. The lowest BCUT2D eigenvalue weighted by Crippen LogP contribution is -2.51. The first-order chi connectivity index (χ1) is 11.7. The number of fused-ring (bicyclic) bond motifs is 1. The van der Waals surface area contributed by atoms with Gasteiger partial charge < -0.3 is 9.47 Å². The van der Waals surface area contributed by atoms with Gasteiger partial charge in [-0.3, -0.25) is 14.7 Å². The molecule has 6 heteroatoms. The van der Waals surface area contributed by atoms with Gasteiger partial charge in [0.1, 0.15) is 5.82 Å². The third-order valence-electron chi connectivity index (χ3n) is 5.34. The second-order valence-corrected chi connectivity index (χ2v) is 6.77. The number of aryl methyl sites for hydroxylation is 1. The van der Waals surface area contributed by atoms with Gasteiger partial charge in [0.25, 0.3) is 0 Å². The maximum atomic E-state index is 12.5. The number of hydrogen-bond acceptors (Lipinski definition) is 4. The van der Waals surface area contributed by atoms with Gasteiger partial charge in [-0.1, -0.05) is 6.07 Å². The Labute approximate surface area is 142 Å². The minimum absolute atomic E-state index is 0.277. The van der Waals surface area contributed by atoms with Gasteiger partial charge in [0.05, 0.1) is 6.54 Å². The number of hydrogen-bond donors (Lipinski definition) is 0. The lowest BCUT2D eigenvalue weighted by Gasteiger charge is -2.39. The first-order valence-electron chi connectivity index (χ1n) is 8.61. The number of carbonyl (C=O) groups is 1. The van der Waals surface area contributed by atoms with Crippen LogP contribution in [-0.4, -0.2) is 48.9 Å². The predicted octanol–water partition coefficient (Wildman–Crippen LogP) is 1.58. The molecule has 0 N–H and O–H groups in total. The van der Waals surface area contributed by atoms with Crippen molar-refractivity contribution in [3.05, 3.63) is 48.3 Å². The Kier molecular flexibility index (Phi) is 4.06. The standard InChI is InChI=1S/C18H23N5O/c1-21-10-8-20-17(21)13-22-9-6-16-15(22)4-5-18(24)23(16)12-14-3-2-7-19-11-14/h2-3,7-8,10-11,15-16H,4-6,9,12-13H2,1H3/t15-,16-/m0/s1. The van der Waals surface area contributed by atoms with E-state index in [0.29, 0.717) is 25.0 Å². The van der Waals surface area contributed by atoms with Crippen LogP contribution in [0.2, 0.25) is 0 Å². The summed E-state index contributed by atoms with van der Waals surface area (Å²) in [7, 11) is 2.04. The van der Waals surface area contributed by atoms with Crippen LogP contribution in [0.1, 0.15) is 30.7 Å². The van der Waals surface area contributed by atoms with E-state index in [-0.39, 0.29) is 5.91 Å². The maximum Gasteiger partial charge on any atom is 0.223 e. The molecule has 0 saturated carbocycles. The van der Waals surface area contributed by atoms with E-state index in [4.69, 9.17) is 0 Å². The summed E-state index contributed by atoms with van der Waals surface area (Å²) in [4.78, 5) is 25.7. The normalized spacial score (nSPS) is 24.4. The summed E-state index contributed by atoms with van der Waals surface area (Å²) >= 11 is 0. The summed E-state index contributed by atoms with van der Waals surface area (Å²) < 4.78 is 2.08. The zero-order chi connectivity index (χ0) is 16.5. The van der Waals surface area contributed by atoms with Crippen molar-refractivity contribution in [3.63, 3.8) is 0 Å². The van der Waals surface area contributed by atoms with Crippen molar-refractivity contribution in [2.75, 3.05) is 6.54 Å². The van der Waals surface area contributed by atoms with Gasteiger partial charge in [-0.25, -0.2) is 4.98 Å². The number of likely N-dealkylation sites (tertiary alicyclic amines) is 2. The minimum atomic E-state index is 0.277. The molecule has 0 aliphatic carbocycles. The van der Waals surface area contributed by atoms with Crippen LogP contribution in [0.15, 0.2) is 36.9 Å². The molecule has 2 fully saturated rings. The molecular weight excluding hydrogens is 302 g/mol. The first kappa shape index (κ1) is 15.3. The number of piperidine rings is 1. The fraction of sp³-hybridized carbons (Fsp3) is 0.500.